The zero-order chi connectivity index (χ0) is 13.7. The largest absolute Gasteiger partial charge is 0.402 e. The van der Waals surface area contributed by atoms with Crippen LogP contribution in [0.2, 0.25) is 0 Å². The molecule has 1 aromatic rings. The first kappa shape index (κ1) is 13.5. The van der Waals surface area contributed by atoms with Crippen molar-refractivity contribution in [1.29, 1.82) is 0 Å². The smallest absolute Gasteiger partial charge is 0.0387 e. The minimum atomic E-state index is 0. The third-order valence-electron chi connectivity index (χ3n) is 3.50. The van der Waals surface area contributed by atoms with Gasteiger partial charge in [0.2, 0.25) is 0 Å². The van der Waals surface area contributed by atoms with E-state index in [1.807, 2.05) is 25.1 Å². The molecule has 1 aromatic carbocycles. The lowest BCUT2D eigenvalue weighted by molar-refractivity contribution is 0.810. The van der Waals surface area contributed by atoms with Gasteiger partial charge in [0.25, 0.3) is 0 Å². The van der Waals surface area contributed by atoms with Gasteiger partial charge < -0.3 is 11.5 Å². The van der Waals surface area contributed by atoms with Crippen molar-refractivity contribution in [3.05, 3.63) is 58.8 Å². The molecule has 0 atom stereocenters. The number of nitrogen functional groups attached to an aromatic ring is 1. The fraction of sp³-hybridized carbons (Fsp3) is 0.294. The van der Waals surface area contributed by atoms with Crippen molar-refractivity contribution in [1.82, 2.24) is 0 Å². The van der Waals surface area contributed by atoms with Gasteiger partial charge in [-0.25, -0.2) is 0 Å². The second-order valence-electron chi connectivity index (χ2n) is 5.03. The summed E-state index contributed by atoms with van der Waals surface area (Å²) in [4.78, 5) is 0. The molecule has 2 heteroatoms. The lowest BCUT2D eigenvalue weighted by Gasteiger charge is -2.12. The standard InChI is InChI=1S/C17H22N2.H2/c1-2-3-15-12-14(8-11-17(15)19)5-4-13-6-9-16(18)10-7-13;/h2-3,6,8-9,11-12H,4-5,7,10,18-19H2,1H3;1H/b3-2-;. The first-order valence-corrected chi connectivity index (χ1v) is 6.84. The van der Waals surface area contributed by atoms with Crippen LogP contribution in [0.1, 0.15) is 38.7 Å². The van der Waals surface area contributed by atoms with E-state index >= 15 is 0 Å². The molecule has 1 aliphatic carbocycles. The third-order valence-corrected chi connectivity index (χ3v) is 3.50. The van der Waals surface area contributed by atoms with Crippen LogP contribution in [0, 0.1) is 0 Å². The van der Waals surface area contributed by atoms with E-state index in [4.69, 9.17) is 11.5 Å². The summed E-state index contributed by atoms with van der Waals surface area (Å²) in [6, 6.07) is 6.30. The molecule has 0 spiro atoms. The molecule has 0 unspecified atom stereocenters. The highest BCUT2D eigenvalue weighted by atomic mass is 14.6. The Morgan fingerprint density at radius 2 is 2.00 bits per heavy atom. The summed E-state index contributed by atoms with van der Waals surface area (Å²) < 4.78 is 0. The van der Waals surface area contributed by atoms with Crippen molar-refractivity contribution in [2.75, 3.05) is 5.73 Å². The molecule has 0 aliphatic heterocycles. The molecule has 2 nitrogen and oxygen atoms in total. The van der Waals surface area contributed by atoms with Gasteiger partial charge in [0.05, 0.1) is 0 Å². The predicted octanol–water partition coefficient (Wildman–Crippen LogP) is 4.04. The van der Waals surface area contributed by atoms with E-state index in [0.29, 0.717) is 0 Å². The number of anilines is 1. The Bertz CT molecular complexity index is 542. The van der Waals surface area contributed by atoms with Crippen LogP contribution in [0.15, 0.2) is 47.7 Å². The highest BCUT2D eigenvalue weighted by Gasteiger charge is 2.05. The van der Waals surface area contributed by atoms with Crippen LogP contribution < -0.4 is 11.5 Å². The summed E-state index contributed by atoms with van der Waals surface area (Å²) in [6.45, 7) is 2.01. The monoisotopic (exact) mass is 256 g/mol. The van der Waals surface area contributed by atoms with E-state index in [0.717, 1.165) is 42.6 Å². The van der Waals surface area contributed by atoms with Crippen molar-refractivity contribution in [3.8, 4) is 0 Å². The molecule has 0 bridgehead atoms. The summed E-state index contributed by atoms with van der Waals surface area (Å²) >= 11 is 0. The Morgan fingerprint density at radius 1 is 1.16 bits per heavy atom. The SMILES string of the molecule is C/C=C\c1cc(CCC2=CC=C(N)CC2)ccc1N.[HH]. The van der Waals surface area contributed by atoms with Crippen molar-refractivity contribution < 1.29 is 1.43 Å². The summed E-state index contributed by atoms with van der Waals surface area (Å²) in [6.07, 6.45) is 12.5. The minimum absolute atomic E-state index is 0. The Balaban J connectivity index is 0.00000200. The highest BCUT2D eigenvalue weighted by Crippen LogP contribution is 2.22. The van der Waals surface area contributed by atoms with Crippen LogP contribution in [-0.4, -0.2) is 0 Å². The van der Waals surface area contributed by atoms with Crippen molar-refractivity contribution in [2.45, 2.75) is 32.6 Å². The second kappa shape index (κ2) is 6.28. The van der Waals surface area contributed by atoms with Crippen LogP contribution in [-0.2, 0) is 6.42 Å². The topological polar surface area (TPSA) is 52.0 Å². The lowest BCUT2D eigenvalue weighted by Crippen LogP contribution is -2.02. The number of rotatable bonds is 4. The molecule has 0 saturated heterocycles. The molecule has 0 radical (unpaired) electrons. The average molecular weight is 256 g/mol. The normalized spacial score (nSPS) is 15.4. The molecular weight excluding hydrogens is 232 g/mol. The maximum Gasteiger partial charge on any atom is 0.0387 e. The molecule has 0 saturated carbocycles. The molecule has 1 aliphatic rings. The van der Waals surface area contributed by atoms with E-state index in [1.165, 1.54) is 11.1 Å². The predicted molar refractivity (Wildman–Crippen MR) is 85.6 cm³/mol. The van der Waals surface area contributed by atoms with Gasteiger partial charge in [-0.05, 0) is 61.9 Å². The molecule has 0 amide bonds. The quantitative estimate of drug-likeness (QED) is 0.799. The molecule has 0 heterocycles. The summed E-state index contributed by atoms with van der Waals surface area (Å²) in [5, 5.41) is 0. The first-order valence-electron chi connectivity index (χ1n) is 6.84. The van der Waals surface area contributed by atoms with Gasteiger partial charge in [-0.3, -0.25) is 0 Å². The Kier molecular flexibility index (Phi) is 4.45. The van der Waals surface area contributed by atoms with Gasteiger partial charge >= 0.3 is 0 Å². The molecule has 2 rings (SSSR count). The maximum absolute atomic E-state index is 5.95. The summed E-state index contributed by atoms with van der Waals surface area (Å²) in [5.41, 5.74) is 17.5. The van der Waals surface area contributed by atoms with Crippen LogP contribution in [0.4, 0.5) is 5.69 Å². The number of benzene rings is 1. The zero-order valence-corrected chi connectivity index (χ0v) is 11.5. The average Bonchev–Trinajstić information content (AvgIpc) is 2.42. The number of aryl methyl sites for hydroxylation is 1. The van der Waals surface area contributed by atoms with E-state index in [2.05, 4.69) is 24.3 Å². The van der Waals surface area contributed by atoms with Crippen LogP contribution >= 0.6 is 0 Å². The fourth-order valence-corrected chi connectivity index (χ4v) is 2.31. The first-order chi connectivity index (χ1) is 9.19. The number of hydrogen-bond acceptors (Lipinski definition) is 2. The van der Waals surface area contributed by atoms with Gasteiger partial charge in [0, 0.05) is 12.8 Å². The van der Waals surface area contributed by atoms with Gasteiger partial charge in [0.15, 0.2) is 0 Å². The number of nitrogens with two attached hydrogens (primary N) is 2. The summed E-state index contributed by atoms with van der Waals surface area (Å²) in [7, 11) is 0. The molecule has 102 valence electrons. The molecular formula is C17H24N2. The maximum atomic E-state index is 5.95. The van der Waals surface area contributed by atoms with E-state index in [-0.39, 0.29) is 1.43 Å². The van der Waals surface area contributed by atoms with Crippen molar-refractivity contribution >= 4 is 11.8 Å². The third kappa shape index (κ3) is 3.75. The molecule has 4 N–H and O–H groups in total. The minimum Gasteiger partial charge on any atom is -0.402 e. The van der Waals surface area contributed by atoms with Gasteiger partial charge in [-0.2, -0.15) is 0 Å². The molecule has 0 fully saturated rings. The van der Waals surface area contributed by atoms with Crippen LogP contribution in [0.5, 0.6) is 0 Å². The Morgan fingerprint density at radius 3 is 2.68 bits per heavy atom. The van der Waals surface area contributed by atoms with E-state index in [1.54, 1.807) is 0 Å². The second-order valence-corrected chi connectivity index (χ2v) is 5.03. The van der Waals surface area contributed by atoms with Gasteiger partial charge in [-0.15, -0.1) is 0 Å². The van der Waals surface area contributed by atoms with Crippen molar-refractivity contribution in [3.63, 3.8) is 0 Å². The van der Waals surface area contributed by atoms with Crippen molar-refractivity contribution in [2.24, 2.45) is 5.73 Å². The zero-order valence-electron chi connectivity index (χ0n) is 11.5. The Hall–Kier alpha value is -1.96. The summed E-state index contributed by atoms with van der Waals surface area (Å²) in [5.74, 6) is 0. The van der Waals surface area contributed by atoms with Crippen LogP contribution in [0.25, 0.3) is 6.08 Å². The molecule has 19 heavy (non-hydrogen) atoms. The van der Waals surface area contributed by atoms with E-state index < -0.39 is 0 Å². The number of hydrogen-bond donors (Lipinski definition) is 2. The van der Waals surface area contributed by atoms with Crippen LogP contribution in [0.3, 0.4) is 0 Å². The lowest BCUT2D eigenvalue weighted by atomic mass is 9.96. The fourth-order valence-electron chi connectivity index (χ4n) is 2.31. The van der Waals surface area contributed by atoms with Gasteiger partial charge in [-0.1, -0.05) is 29.9 Å². The Labute approximate surface area is 117 Å². The van der Waals surface area contributed by atoms with Gasteiger partial charge in [0.1, 0.15) is 0 Å². The highest BCUT2D eigenvalue weighted by molar-refractivity contribution is 5.65. The number of allylic oxidation sites excluding steroid dienone is 5. The van der Waals surface area contributed by atoms with E-state index in [9.17, 15) is 0 Å². The molecule has 0 aromatic heterocycles.